The Morgan fingerprint density at radius 1 is 1.31 bits per heavy atom. The van der Waals surface area contributed by atoms with Crippen LogP contribution in [0.15, 0.2) is 28.0 Å². The van der Waals surface area contributed by atoms with Gasteiger partial charge in [-0.05, 0) is 6.07 Å². The van der Waals surface area contributed by atoms with Crippen molar-refractivity contribution in [3.05, 3.63) is 28.7 Å². The zero-order valence-electron chi connectivity index (χ0n) is 7.53. The smallest absolute Gasteiger partial charge is 0.305 e. The standard InChI is InChI=1S/C7H5ClF3NO3S/c8-16(14,15)5-1-2-6(13)12(3-5)4-7(9,10)11/h1-3H,4H2. The van der Waals surface area contributed by atoms with Gasteiger partial charge in [-0.25, -0.2) is 8.42 Å². The minimum atomic E-state index is -4.61. The molecule has 0 spiro atoms. The minimum Gasteiger partial charge on any atom is -0.305 e. The summed E-state index contributed by atoms with van der Waals surface area (Å²) in [4.78, 5) is 10.4. The zero-order valence-corrected chi connectivity index (χ0v) is 9.10. The van der Waals surface area contributed by atoms with Crippen molar-refractivity contribution in [2.45, 2.75) is 17.6 Å². The van der Waals surface area contributed by atoms with E-state index in [1.165, 1.54) is 0 Å². The van der Waals surface area contributed by atoms with E-state index in [1.807, 2.05) is 0 Å². The van der Waals surface area contributed by atoms with Crippen molar-refractivity contribution in [2.24, 2.45) is 0 Å². The molecule has 0 aromatic carbocycles. The highest BCUT2D eigenvalue weighted by Crippen LogP contribution is 2.18. The quantitative estimate of drug-likeness (QED) is 0.765. The van der Waals surface area contributed by atoms with Crippen molar-refractivity contribution in [1.82, 2.24) is 4.57 Å². The molecule has 0 unspecified atom stereocenters. The molecule has 90 valence electrons. The van der Waals surface area contributed by atoms with E-state index in [-0.39, 0.29) is 4.57 Å². The van der Waals surface area contributed by atoms with Crippen LogP contribution in [0.25, 0.3) is 0 Å². The molecular weight excluding hydrogens is 271 g/mol. The molecule has 1 heterocycles. The summed E-state index contributed by atoms with van der Waals surface area (Å²) in [6.45, 7) is -1.56. The van der Waals surface area contributed by atoms with Gasteiger partial charge in [0.05, 0.1) is 4.90 Å². The predicted octanol–water partition coefficient (Wildman–Crippen LogP) is 1.34. The number of rotatable bonds is 2. The van der Waals surface area contributed by atoms with Crippen molar-refractivity contribution in [2.75, 3.05) is 0 Å². The Balaban J connectivity index is 3.26. The topological polar surface area (TPSA) is 56.1 Å². The lowest BCUT2D eigenvalue weighted by Gasteiger charge is -2.09. The van der Waals surface area contributed by atoms with Crippen LogP contribution in [0.5, 0.6) is 0 Å². The molecule has 0 radical (unpaired) electrons. The summed E-state index contributed by atoms with van der Waals surface area (Å²) in [6, 6.07) is 1.55. The Kier molecular flexibility index (Phi) is 3.34. The van der Waals surface area contributed by atoms with Crippen molar-refractivity contribution < 1.29 is 21.6 Å². The number of hydrogen-bond donors (Lipinski definition) is 0. The molecular formula is C7H5ClF3NO3S. The van der Waals surface area contributed by atoms with Crippen molar-refractivity contribution in [3.63, 3.8) is 0 Å². The van der Waals surface area contributed by atoms with Crippen LogP contribution < -0.4 is 5.56 Å². The Bertz CT molecular complexity index is 549. The Hall–Kier alpha value is -1.02. The average Bonchev–Trinajstić information content (AvgIpc) is 2.04. The molecule has 16 heavy (non-hydrogen) atoms. The third-order valence-electron chi connectivity index (χ3n) is 1.59. The summed E-state index contributed by atoms with van der Waals surface area (Å²) in [5.41, 5.74) is -0.957. The molecule has 1 rings (SSSR count). The van der Waals surface area contributed by atoms with Crippen LogP contribution in [0.2, 0.25) is 0 Å². The van der Waals surface area contributed by atoms with Crippen LogP contribution in [0.3, 0.4) is 0 Å². The molecule has 0 fully saturated rings. The molecule has 0 saturated carbocycles. The lowest BCUT2D eigenvalue weighted by molar-refractivity contribution is -0.141. The van der Waals surface area contributed by atoms with Gasteiger partial charge in [0.25, 0.3) is 14.6 Å². The molecule has 1 aromatic rings. The second-order valence-electron chi connectivity index (χ2n) is 2.88. The number of halogens is 4. The first-order valence-corrected chi connectivity index (χ1v) is 6.12. The highest BCUT2D eigenvalue weighted by Gasteiger charge is 2.28. The van der Waals surface area contributed by atoms with E-state index in [0.29, 0.717) is 12.3 Å². The number of hydrogen-bond acceptors (Lipinski definition) is 3. The largest absolute Gasteiger partial charge is 0.406 e. The van der Waals surface area contributed by atoms with Crippen molar-refractivity contribution in [1.29, 1.82) is 0 Å². The van der Waals surface area contributed by atoms with Gasteiger partial charge in [0, 0.05) is 22.9 Å². The summed E-state index contributed by atoms with van der Waals surface area (Å²) in [5, 5.41) is 0. The van der Waals surface area contributed by atoms with E-state index in [0.717, 1.165) is 6.07 Å². The summed E-state index contributed by atoms with van der Waals surface area (Å²) in [5.74, 6) is 0. The van der Waals surface area contributed by atoms with Crippen molar-refractivity contribution in [3.8, 4) is 0 Å². The van der Waals surface area contributed by atoms with Crippen molar-refractivity contribution >= 4 is 19.7 Å². The maximum Gasteiger partial charge on any atom is 0.406 e. The van der Waals surface area contributed by atoms with Gasteiger partial charge in [0.1, 0.15) is 6.54 Å². The molecule has 0 saturated heterocycles. The molecule has 0 aliphatic heterocycles. The summed E-state index contributed by atoms with van der Waals surface area (Å²) in [7, 11) is 0.777. The lowest BCUT2D eigenvalue weighted by atomic mass is 10.4. The predicted molar refractivity (Wildman–Crippen MR) is 49.8 cm³/mol. The SMILES string of the molecule is O=c1ccc(S(=O)(=O)Cl)cn1CC(F)(F)F. The lowest BCUT2D eigenvalue weighted by Crippen LogP contribution is -2.27. The van der Waals surface area contributed by atoms with Gasteiger partial charge < -0.3 is 4.57 Å². The van der Waals surface area contributed by atoms with Crippen LogP contribution in [-0.2, 0) is 15.6 Å². The number of nitrogens with zero attached hydrogens (tertiary/aromatic N) is 1. The average molecular weight is 276 g/mol. The van der Waals surface area contributed by atoms with Crippen LogP contribution in [-0.4, -0.2) is 19.2 Å². The van der Waals surface area contributed by atoms with Crippen LogP contribution in [0.4, 0.5) is 13.2 Å². The molecule has 0 amide bonds. The first-order chi connectivity index (χ1) is 7.09. The first kappa shape index (κ1) is 13.0. The second kappa shape index (κ2) is 4.10. The van der Waals surface area contributed by atoms with Gasteiger partial charge in [-0.2, -0.15) is 13.2 Å². The Morgan fingerprint density at radius 3 is 2.31 bits per heavy atom. The fraction of sp³-hybridized carbons (Fsp3) is 0.286. The Labute approximate surface area is 92.7 Å². The highest BCUT2D eigenvalue weighted by atomic mass is 35.7. The maximum absolute atomic E-state index is 12.0. The Morgan fingerprint density at radius 2 is 1.88 bits per heavy atom. The number of pyridine rings is 1. The van der Waals surface area contributed by atoms with Gasteiger partial charge in [0.2, 0.25) is 0 Å². The van der Waals surface area contributed by atoms with Crippen LogP contribution in [0, 0.1) is 0 Å². The van der Waals surface area contributed by atoms with Gasteiger partial charge >= 0.3 is 6.18 Å². The summed E-state index contributed by atoms with van der Waals surface area (Å²) < 4.78 is 57.9. The molecule has 0 N–H and O–H groups in total. The van der Waals surface area contributed by atoms with E-state index in [4.69, 9.17) is 10.7 Å². The van der Waals surface area contributed by atoms with Crippen LogP contribution in [0.1, 0.15) is 0 Å². The minimum absolute atomic E-state index is 0.231. The van der Waals surface area contributed by atoms with Gasteiger partial charge in [-0.1, -0.05) is 0 Å². The normalized spacial score (nSPS) is 12.8. The highest BCUT2D eigenvalue weighted by molar-refractivity contribution is 8.13. The zero-order chi connectivity index (χ0) is 12.6. The molecule has 0 aliphatic rings. The van der Waals surface area contributed by atoms with E-state index in [2.05, 4.69) is 0 Å². The molecule has 1 aromatic heterocycles. The van der Waals surface area contributed by atoms with Gasteiger partial charge in [-0.15, -0.1) is 0 Å². The summed E-state index contributed by atoms with van der Waals surface area (Å²) in [6.07, 6.45) is -4.06. The first-order valence-electron chi connectivity index (χ1n) is 3.81. The molecule has 9 heteroatoms. The number of aromatic nitrogens is 1. The van der Waals surface area contributed by atoms with Gasteiger partial charge in [-0.3, -0.25) is 4.79 Å². The molecule has 0 bridgehead atoms. The summed E-state index contributed by atoms with van der Waals surface area (Å²) >= 11 is 0. The molecule has 0 atom stereocenters. The van der Waals surface area contributed by atoms with E-state index < -0.39 is 32.2 Å². The third-order valence-corrected chi connectivity index (χ3v) is 2.93. The van der Waals surface area contributed by atoms with Crippen LogP contribution >= 0.6 is 10.7 Å². The van der Waals surface area contributed by atoms with Gasteiger partial charge in [0.15, 0.2) is 0 Å². The maximum atomic E-state index is 12.0. The van der Waals surface area contributed by atoms with E-state index >= 15 is 0 Å². The van der Waals surface area contributed by atoms with E-state index in [9.17, 15) is 26.4 Å². The second-order valence-corrected chi connectivity index (χ2v) is 5.45. The number of alkyl halides is 3. The van der Waals surface area contributed by atoms with E-state index in [1.54, 1.807) is 0 Å². The monoisotopic (exact) mass is 275 g/mol. The molecule has 4 nitrogen and oxygen atoms in total. The molecule has 0 aliphatic carbocycles. The fourth-order valence-corrected chi connectivity index (χ4v) is 1.73. The third kappa shape index (κ3) is 3.53. The fourth-order valence-electron chi connectivity index (χ4n) is 0.970.